The van der Waals surface area contributed by atoms with Gasteiger partial charge in [0.15, 0.2) is 17.8 Å². The normalized spacial score (nSPS) is 13.4. The van der Waals surface area contributed by atoms with E-state index in [0.717, 1.165) is 29.0 Å². The second kappa shape index (κ2) is 4.18. The molecule has 0 aliphatic carbocycles. The molecule has 1 aliphatic rings. The maximum atomic E-state index is 10.8. The van der Waals surface area contributed by atoms with Gasteiger partial charge in [-0.2, -0.15) is 5.10 Å². The van der Waals surface area contributed by atoms with Gasteiger partial charge in [0, 0.05) is 12.6 Å². The van der Waals surface area contributed by atoms with E-state index in [-0.39, 0.29) is 0 Å². The Morgan fingerprint density at radius 2 is 2.00 bits per heavy atom. The summed E-state index contributed by atoms with van der Waals surface area (Å²) in [6, 6.07) is 7.40. The van der Waals surface area contributed by atoms with E-state index < -0.39 is 0 Å². The van der Waals surface area contributed by atoms with Crippen LogP contribution in [0.25, 0.3) is 11.3 Å². The van der Waals surface area contributed by atoms with Crippen molar-refractivity contribution in [3.63, 3.8) is 0 Å². The number of benzene rings is 1. The second-order valence-electron chi connectivity index (χ2n) is 4.05. The lowest BCUT2D eigenvalue weighted by Crippen LogP contribution is -2.15. The molecule has 92 valence electrons. The molecular formula is C13H12N2O3. The van der Waals surface area contributed by atoms with Gasteiger partial charge in [-0.25, -0.2) is 0 Å². The predicted molar refractivity (Wildman–Crippen MR) is 65.0 cm³/mol. The van der Waals surface area contributed by atoms with Crippen LogP contribution in [0, 0.1) is 0 Å². The molecule has 3 rings (SSSR count). The van der Waals surface area contributed by atoms with Crippen molar-refractivity contribution in [1.82, 2.24) is 9.78 Å². The lowest BCUT2D eigenvalue weighted by Gasteiger charge is -2.18. The number of rotatable bonds is 2. The highest BCUT2D eigenvalue weighted by Crippen LogP contribution is 2.34. The van der Waals surface area contributed by atoms with Gasteiger partial charge in [-0.05, 0) is 24.3 Å². The molecule has 0 fully saturated rings. The minimum Gasteiger partial charge on any atom is -0.486 e. The summed E-state index contributed by atoms with van der Waals surface area (Å²) in [4.78, 5) is 10.8. The molecule has 0 unspecified atom stereocenters. The van der Waals surface area contributed by atoms with Crippen LogP contribution in [0.5, 0.6) is 11.5 Å². The van der Waals surface area contributed by atoms with Crippen molar-refractivity contribution in [2.75, 3.05) is 13.2 Å². The van der Waals surface area contributed by atoms with E-state index in [9.17, 15) is 4.79 Å². The van der Waals surface area contributed by atoms with Gasteiger partial charge in [0.05, 0.1) is 5.69 Å². The Hall–Kier alpha value is -2.30. The van der Waals surface area contributed by atoms with Crippen LogP contribution in [0.15, 0.2) is 24.3 Å². The molecule has 0 spiro atoms. The van der Waals surface area contributed by atoms with Crippen LogP contribution in [0.2, 0.25) is 0 Å². The van der Waals surface area contributed by atoms with Gasteiger partial charge in [-0.1, -0.05) is 0 Å². The van der Waals surface area contributed by atoms with E-state index in [1.807, 2.05) is 18.2 Å². The van der Waals surface area contributed by atoms with Gasteiger partial charge < -0.3 is 9.47 Å². The second-order valence-corrected chi connectivity index (χ2v) is 4.05. The zero-order valence-electron chi connectivity index (χ0n) is 9.92. The van der Waals surface area contributed by atoms with Crippen LogP contribution in [-0.4, -0.2) is 29.3 Å². The summed E-state index contributed by atoms with van der Waals surface area (Å²) in [5, 5.41) is 4.29. The SMILES string of the molecule is Cn1nc(-c2ccc3c(c2)OCCO3)cc1C=O. The number of aldehydes is 1. The summed E-state index contributed by atoms with van der Waals surface area (Å²) in [7, 11) is 1.74. The average molecular weight is 244 g/mol. The molecule has 0 saturated heterocycles. The van der Waals surface area contributed by atoms with Crippen LogP contribution in [0.1, 0.15) is 10.5 Å². The Labute approximate surface area is 104 Å². The van der Waals surface area contributed by atoms with Crippen LogP contribution in [0.4, 0.5) is 0 Å². The topological polar surface area (TPSA) is 53.4 Å². The standard InChI is InChI=1S/C13H12N2O3/c1-15-10(8-16)7-11(14-15)9-2-3-12-13(6-9)18-5-4-17-12/h2-3,6-8H,4-5H2,1H3. The smallest absolute Gasteiger partial charge is 0.168 e. The lowest BCUT2D eigenvalue weighted by atomic mass is 10.1. The molecule has 1 aromatic heterocycles. The van der Waals surface area contributed by atoms with Gasteiger partial charge in [0.2, 0.25) is 0 Å². The Bertz CT molecular complexity index is 604. The fourth-order valence-electron chi connectivity index (χ4n) is 1.94. The zero-order chi connectivity index (χ0) is 12.5. The third-order valence-corrected chi connectivity index (χ3v) is 2.87. The Balaban J connectivity index is 2.03. The molecule has 0 N–H and O–H groups in total. The summed E-state index contributed by atoms with van der Waals surface area (Å²) >= 11 is 0. The fraction of sp³-hybridized carbons (Fsp3) is 0.231. The third kappa shape index (κ3) is 1.73. The van der Waals surface area contributed by atoms with Crippen molar-refractivity contribution in [1.29, 1.82) is 0 Å². The minimum absolute atomic E-state index is 0.542. The Morgan fingerprint density at radius 3 is 2.72 bits per heavy atom. The van der Waals surface area contributed by atoms with Crippen molar-refractivity contribution < 1.29 is 14.3 Å². The molecule has 0 radical (unpaired) electrons. The molecule has 2 heterocycles. The molecule has 0 saturated carbocycles. The highest BCUT2D eigenvalue weighted by molar-refractivity contribution is 5.76. The summed E-state index contributed by atoms with van der Waals surface area (Å²) < 4.78 is 12.5. The molecule has 0 bridgehead atoms. The van der Waals surface area contributed by atoms with Gasteiger partial charge >= 0.3 is 0 Å². The summed E-state index contributed by atoms with van der Waals surface area (Å²) in [6.45, 7) is 1.13. The monoisotopic (exact) mass is 244 g/mol. The van der Waals surface area contributed by atoms with Gasteiger partial charge in [0.1, 0.15) is 18.9 Å². The zero-order valence-corrected chi connectivity index (χ0v) is 9.92. The highest BCUT2D eigenvalue weighted by Gasteiger charge is 2.14. The number of hydrogen-bond donors (Lipinski definition) is 0. The van der Waals surface area contributed by atoms with E-state index in [2.05, 4.69) is 5.10 Å². The minimum atomic E-state index is 0.542. The first-order chi connectivity index (χ1) is 8.78. The largest absolute Gasteiger partial charge is 0.486 e. The number of carbonyl (C=O) groups is 1. The van der Waals surface area contributed by atoms with Gasteiger partial charge in [-0.15, -0.1) is 0 Å². The van der Waals surface area contributed by atoms with Crippen LogP contribution in [0.3, 0.4) is 0 Å². The van der Waals surface area contributed by atoms with E-state index in [0.29, 0.717) is 18.9 Å². The summed E-state index contributed by atoms with van der Waals surface area (Å²) in [6.07, 6.45) is 0.786. The molecule has 5 nitrogen and oxygen atoms in total. The number of fused-ring (bicyclic) bond motifs is 1. The first-order valence-electron chi connectivity index (χ1n) is 5.67. The van der Waals surface area contributed by atoms with Crippen molar-refractivity contribution in [2.24, 2.45) is 7.05 Å². The van der Waals surface area contributed by atoms with Crippen LogP contribution >= 0.6 is 0 Å². The number of carbonyl (C=O) groups excluding carboxylic acids is 1. The Kier molecular flexibility index (Phi) is 2.51. The number of nitrogens with zero attached hydrogens (tertiary/aromatic N) is 2. The van der Waals surface area contributed by atoms with Crippen molar-refractivity contribution in [3.8, 4) is 22.8 Å². The molecule has 18 heavy (non-hydrogen) atoms. The van der Waals surface area contributed by atoms with Crippen molar-refractivity contribution in [2.45, 2.75) is 0 Å². The number of aryl methyl sites for hydroxylation is 1. The van der Waals surface area contributed by atoms with E-state index in [4.69, 9.17) is 9.47 Å². The van der Waals surface area contributed by atoms with Crippen LogP contribution in [-0.2, 0) is 7.05 Å². The maximum Gasteiger partial charge on any atom is 0.168 e. The maximum absolute atomic E-state index is 10.8. The summed E-state index contributed by atoms with van der Waals surface area (Å²) in [5.41, 5.74) is 2.19. The first kappa shape index (κ1) is 10.8. The number of ether oxygens (including phenoxy) is 2. The van der Waals surface area contributed by atoms with Gasteiger partial charge in [-0.3, -0.25) is 9.48 Å². The number of hydrogen-bond acceptors (Lipinski definition) is 4. The molecular weight excluding hydrogens is 232 g/mol. The number of aromatic nitrogens is 2. The van der Waals surface area contributed by atoms with Crippen LogP contribution < -0.4 is 9.47 Å². The highest BCUT2D eigenvalue weighted by atomic mass is 16.6. The predicted octanol–water partition coefficient (Wildman–Crippen LogP) is 1.67. The fourth-order valence-corrected chi connectivity index (χ4v) is 1.94. The van der Waals surface area contributed by atoms with Crippen molar-refractivity contribution in [3.05, 3.63) is 30.0 Å². The van der Waals surface area contributed by atoms with E-state index in [1.54, 1.807) is 17.8 Å². The van der Waals surface area contributed by atoms with Crippen molar-refractivity contribution >= 4 is 6.29 Å². The van der Waals surface area contributed by atoms with Gasteiger partial charge in [0.25, 0.3) is 0 Å². The molecule has 1 aromatic carbocycles. The van der Waals surface area contributed by atoms with E-state index >= 15 is 0 Å². The molecule has 2 aromatic rings. The quantitative estimate of drug-likeness (QED) is 0.754. The lowest BCUT2D eigenvalue weighted by molar-refractivity contribution is 0.111. The van der Waals surface area contributed by atoms with E-state index in [1.165, 1.54) is 0 Å². The summed E-state index contributed by atoms with van der Waals surface area (Å²) in [5.74, 6) is 1.47. The molecule has 0 atom stereocenters. The third-order valence-electron chi connectivity index (χ3n) is 2.87. The molecule has 0 amide bonds. The average Bonchev–Trinajstić information content (AvgIpc) is 2.79. The Morgan fingerprint density at radius 1 is 1.22 bits per heavy atom. The first-order valence-corrected chi connectivity index (χ1v) is 5.67. The molecule has 1 aliphatic heterocycles. The molecule has 5 heteroatoms.